The van der Waals surface area contributed by atoms with Crippen molar-refractivity contribution in [1.82, 2.24) is 0 Å². The zero-order valence-electron chi connectivity index (χ0n) is 8.90. The standard InChI is InChI=1S/C13H13NO2/c15-8-13-7-3-5-10(13)9-4-1-2-6-11(9)14-12(13)16/h1-2,4,6,8,10H,3,5,7H2,(H,14,16). The summed E-state index contributed by atoms with van der Waals surface area (Å²) in [5.74, 6) is -0.0429. The van der Waals surface area contributed by atoms with Crippen molar-refractivity contribution in [3.63, 3.8) is 0 Å². The zero-order chi connectivity index (χ0) is 11.2. The van der Waals surface area contributed by atoms with Crippen molar-refractivity contribution in [2.75, 3.05) is 5.32 Å². The van der Waals surface area contributed by atoms with E-state index in [-0.39, 0.29) is 11.8 Å². The minimum atomic E-state index is -0.797. The van der Waals surface area contributed by atoms with Crippen LogP contribution in [0.3, 0.4) is 0 Å². The number of nitrogens with one attached hydrogen (secondary N) is 1. The molecular weight excluding hydrogens is 202 g/mol. The first-order valence-corrected chi connectivity index (χ1v) is 5.65. The Kier molecular flexibility index (Phi) is 1.90. The first kappa shape index (κ1) is 9.58. The van der Waals surface area contributed by atoms with E-state index in [1.165, 1.54) is 0 Å². The summed E-state index contributed by atoms with van der Waals surface area (Å²) in [5, 5.41) is 2.85. The molecule has 1 fully saturated rings. The summed E-state index contributed by atoms with van der Waals surface area (Å²) in [6.45, 7) is 0. The average molecular weight is 215 g/mol. The molecule has 1 N–H and O–H groups in total. The molecule has 3 rings (SSSR count). The SMILES string of the molecule is O=CC12CCCC1c1ccccc1NC2=O. The third kappa shape index (κ3) is 1.03. The van der Waals surface area contributed by atoms with Gasteiger partial charge in [0.05, 0.1) is 0 Å². The van der Waals surface area contributed by atoms with Crippen LogP contribution in [0, 0.1) is 5.41 Å². The maximum absolute atomic E-state index is 12.0. The van der Waals surface area contributed by atoms with Crippen molar-refractivity contribution < 1.29 is 9.59 Å². The van der Waals surface area contributed by atoms with Gasteiger partial charge in [-0.1, -0.05) is 24.6 Å². The highest BCUT2D eigenvalue weighted by molar-refractivity contribution is 6.08. The molecule has 1 saturated carbocycles. The molecule has 1 aromatic rings. The predicted octanol–water partition coefficient (Wildman–Crippen LogP) is 2.09. The molecule has 2 atom stereocenters. The lowest BCUT2D eigenvalue weighted by atomic mass is 9.72. The number of hydrogen-bond acceptors (Lipinski definition) is 2. The molecule has 1 aromatic carbocycles. The number of fused-ring (bicyclic) bond motifs is 3. The number of carbonyl (C=O) groups excluding carboxylic acids is 2. The second kappa shape index (κ2) is 3.17. The summed E-state index contributed by atoms with van der Waals surface area (Å²) in [4.78, 5) is 23.4. The van der Waals surface area contributed by atoms with Crippen LogP contribution < -0.4 is 5.32 Å². The number of benzene rings is 1. The molecule has 3 heteroatoms. The third-order valence-electron chi connectivity index (χ3n) is 3.92. The molecule has 0 spiro atoms. The van der Waals surface area contributed by atoms with Crippen LogP contribution in [0.25, 0.3) is 0 Å². The second-order valence-corrected chi connectivity index (χ2v) is 4.64. The number of aldehydes is 1. The molecule has 0 bridgehead atoms. The largest absolute Gasteiger partial charge is 0.325 e. The molecule has 0 aromatic heterocycles. The third-order valence-corrected chi connectivity index (χ3v) is 3.92. The van der Waals surface area contributed by atoms with Crippen LogP contribution in [-0.4, -0.2) is 12.2 Å². The molecular formula is C13H13NO2. The van der Waals surface area contributed by atoms with Crippen LogP contribution >= 0.6 is 0 Å². The van der Waals surface area contributed by atoms with Crippen LogP contribution in [0.4, 0.5) is 5.69 Å². The normalized spacial score (nSPS) is 31.5. The van der Waals surface area contributed by atoms with Gasteiger partial charge in [-0.2, -0.15) is 0 Å². The lowest BCUT2D eigenvalue weighted by molar-refractivity contribution is -0.133. The molecule has 1 amide bonds. The topological polar surface area (TPSA) is 46.2 Å². The molecule has 1 aliphatic carbocycles. The lowest BCUT2D eigenvalue weighted by Crippen LogP contribution is -2.43. The van der Waals surface area contributed by atoms with E-state index in [2.05, 4.69) is 5.32 Å². The molecule has 2 aliphatic rings. The Morgan fingerprint density at radius 1 is 1.38 bits per heavy atom. The summed E-state index contributed by atoms with van der Waals surface area (Å²) < 4.78 is 0. The smallest absolute Gasteiger partial charge is 0.238 e. The van der Waals surface area contributed by atoms with Gasteiger partial charge in [-0.25, -0.2) is 0 Å². The van der Waals surface area contributed by atoms with Gasteiger partial charge in [0, 0.05) is 11.6 Å². The van der Waals surface area contributed by atoms with E-state index < -0.39 is 5.41 Å². The van der Waals surface area contributed by atoms with E-state index in [0.29, 0.717) is 6.42 Å². The average Bonchev–Trinajstić information content (AvgIpc) is 2.75. The van der Waals surface area contributed by atoms with Gasteiger partial charge < -0.3 is 10.1 Å². The van der Waals surface area contributed by atoms with Crippen molar-refractivity contribution in [3.8, 4) is 0 Å². The monoisotopic (exact) mass is 215 g/mol. The summed E-state index contributed by atoms with van der Waals surface area (Å²) in [6, 6.07) is 7.79. The van der Waals surface area contributed by atoms with Gasteiger partial charge in [-0.15, -0.1) is 0 Å². The van der Waals surface area contributed by atoms with Crippen molar-refractivity contribution in [1.29, 1.82) is 0 Å². The molecule has 1 heterocycles. The highest BCUT2D eigenvalue weighted by Gasteiger charge is 2.52. The van der Waals surface area contributed by atoms with E-state index in [1.807, 2.05) is 24.3 Å². The van der Waals surface area contributed by atoms with Gasteiger partial charge in [-0.3, -0.25) is 4.79 Å². The lowest BCUT2D eigenvalue weighted by Gasteiger charge is -2.35. The fourth-order valence-corrected chi connectivity index (χ4v) is 3.08. The van der Waals surface area contributed by atoms with Gasteiger partial charge >= 0.3 is 0 Å². The van der Waals surface area contributed by atoms with Crippen LogP contribution in [0.2, 0.25) is 0 Å². The van der Waals surface area contributed by atoms with E-state index in [4.69, 9.17) is 0 Å². The Morgan fingerprint density at radius 3 is 3.00 bits per heavy atom. The quantitative estimate of drug-likeness (QED) is 0.576. The summed E-state index contributed by atoms with van der Waals surface area (Å²) in [7, 11) is 0. The minimum absolute atomic E-state index is 0.0787. The number of carbonyl (C=O) groups is 2. The first-order valence-electron chi connectivity index (χ1n) is 5.65. The number of para-hydroxylation sites is 1. The van der Waals surface area contributed by atoms with Crippen LogP contribution in [0.5, 0.6) is 0 Å². The Labute approximate surface area is 93.8 Å². The summed E-state index contributed by atoms with van der Waals surface area (Å²) in [5.41, 5.74) is 1.19. The van der Waals surface area contributed by atoms with Crippen molar-refractivity contribution in [3.05, 3.63) is 29.8 Å². The van der Waals surface area contributed by atoms with E-state index in [9.17, 15) is 9.59 Å². The summed E-state index contributed by atoms with van der Waals surface area (Å²) in [6.07, 6.45) is 3.42. The fourth-order valence-electron chi connectivity index (χ4n) is 3.08. The minimum Gasteiger partial charge on any atom is -0.325 e. The molecule has 0 radical (unpaired) electrons. The maximum Gasteiger partial charge on any atom is 0.238 e. The highest BCUT2D eigenvalue weighted by atomic mass is 16.2. The Bertz CT molecular complexity index is 469. The number of anilines is 1. The van der Waals surface area contributed by atoms with E-state index in [0.717, 1.165) is 30.4 Å². The molecule has 0 saturated heterocycles. The maximum atomic E-state index is 12.0. The number of rotatable bonds is 1. The Balaban J connectivity index is 2.19. The molecule has 1 aliphatic heterocycles. The van der Waals surface area contributed by atoms with Gasteiger partial charge in [-0.05, 0) is 24.5 Å². The van der Waals surface area contributed by atoms with Crippen LogP contribution in [0.1, 0.15) is 30.7 Å². The first-order chi connectivity index (χ1) is 7.78. The zero-order valence-corrected chi connectivity index (χ0v) is 8.90. The fraction of sp³-hybridized carbons (Fsp3) is 0.385. The van der Waals surface area contributed by atoms with Gasteiger partial charge in [0.1, 0.15) is 11.7 Å². The van der Waals surface area contributed by atoms with Crippen LogP contribution in [0.15, 0.2) is 24.3 Å². The van der Waals surface area contributed by atoms with Crippen molar-refractivity contribution in [2.24, 2.45) is 5.41 Å². The van der Waals surface area contributed by atoms with Gasteiger partial charge in [0.25, 0.3) is 0 Å². The second-order valence-electron chi connectivity index (χ2n) is 4.64. The predicted molar refractivity (Wildman–Crippen MR) is 60.2 cm³/mol. The highest BCUT2D eigenvalue weighted by Crippen LogP contribution is 2.53. The molecule has 2 unspecified atom stereocenters. The number of amides is 1. The van der Waals surface area contributed by atoms with E-state index >= 15 is 0 Å². The Morgan fingerprint density at radius 2 is 2.19 bits per heavy atom. The van der Waals surface area contributed by atoms with Crippen LogP contribution in [-0.2, 0) is 9.59 Å². The van der Waals surface area contributed by atoms with Gasteiger partial charge in [0.15, 0.2) is 0 Å². The molecule has 16 heavy (non-hydrogen) atoms. The van der Waals surface area contributed by atoms with Crippen molar-refractivity contribution >= 4 is 17.9 Å². The van der Waals surface area contributed by atoms with E-state index in [1.54, 1.807) is 0 Å². The molecule has 82 valence electrons. The summed E-state index contributed by atoms with van der Waals surface area (Å²) >= 11 is 0. The number of hydrogen-bond donors (Lipinski definition) is 1. The molecule has 3 nitrogen and oxygen atoms in total. The van der Waals surface area contributed by atoms with Gasteiger partial charge in [0.2, 0.25) is 5.91 Å². The Hall–Kier alpha value is -1.64. The van der Waals surface area contributed by atoms with Crippen molar-refractivity contribution in [2.45, 2.75) is 25.2 Å².